The zero-order valence-electron chi connectivity index (χ0n) is 12.0. The summed E-state index contributed by atoms with van der Waals surface area (Å²) in [4.78, 5) is 0.267. The van der Waals surface area contributed by atoms with Crippen molar-refractivity contribution in [2.75, 3.05) is 26.2 Å². The van der Waals surface area contributed by atoms with Gasteiger partial charge >= 0.3 is 0 Å². The molecule has 0 saturated heterocycles. The summed E-state index contributed by atoms with van der Waals surface area (Å²) >= 11 is 0. The monoisotopic (exact) mass is 300 g/mol. The summed E-state index contributed by atoms with van der Waals surface area (Å²) in [7, 11) is -3.53. The van der Waals surface area contributed by atoms with Gasteiger partial charge in [-0.1, -0.05) is 25.5 Å². The van der Waals surface area contributed by atoms with E-state index in [1.54, 1.807) is 24.3 Å². The Morgan fingerprint density at radius 1 is 1.20 bits per heavy atom. The van der Waals surface area contributed by atoms with Crippen LogP contribution in [0.3, 0.4) is 0 Å². The van der Waals surface area contributed by atoms with E-state index in [9.17, 15) is 8.42 Å². The van der Waals surface area contributed by atoms with Crippen molar-refractivity contribution in [3.63, 3.8) is 0 Å². The Hall–Kier alpha value is -0.950. The van der Waals surface area contributed by atoms with E-state index in [-0.39, 0.29) is 18.0 Å². The molecule has 0 atom stereocenters. The number of sulfonamides is 1. The number of hydrogen-bond donors (Lipinski definition) is 2. The van der Waals surface area contributed by atoms with E-state index < -0.39 is 10.0 Å². The van der Waals surface area contributed by atoms with Crippen LogP contribution in [0.1, 0.15) is 25.3 Å². The lowest BCUT2D eigenvalue weighted by molar-refractivity contribution is 0.252. The zero-order chi connectivity index (χ0) is 15.0. The van der Waals surface area contributed by atoms with E-state index in [1.807, 2.05) is 6.92 Å². The molecule has 0 aliphatic carbocycles. The standard InChI is InChI=1S/C14H24N2O3S/c1-2-3-10-16(11-12-17)20(18,19)14-6-4-13(5-7-14)8-9-15/h4-7,17H,2-3,8-12,15H2,1H3. The summed E-state index contributed by atoms with van der Waals surface area (Å²) in [5, 5.41) is 9.04. The molecule has 20 heavy (non-hydrogen) atoms. The highest BCUT2D eigenvalue weighted by Gasteiger charge is 2.23. The van der Waals surface area contributed by atoms with Crippen molar-refractivity contribution in [1.82, 2.24) is 4.31 Å². The van der Waals surface area contributed by atoms with Crippen molar-refractivity contribution >= 4 is 10.0 Å². The van der Waals surface area contributed by atoms with E-state index >= 15 is 0 Å². The average molecular weight is 300 g/mol. The van der Waals surface area contributed by atoms with E-state index in [0.717, 1.165) is 24.8 Å². The molecular weight excluding hydrogens is 276 g/mol. The zero-order valence-corrected chi connectivity index (χ0v) is 12.8. The van der Waals surface area contributed by atoms with Crippen LogP contribution in [0.25, 0.3) is 0 Å². The first-order valence-corrected chi connectivity index (χ1v) is 8.40. The summed E-state index contributed by atoms with van der Waals surface area (Å²) in [5.41, 5.74) is 6.49. The maximum absolute atomic E-state index is 12.5. The third-order valence-electron chi connectivity index (χ3n) is 3.10. The molecule has 0 saturated carbocycles. The fourth-order valence-electron chi connectivity index (χ4n) is 1.94. The van der Waals surface area contributed by atoms with Gasteiger partial charge in [-0.05, 0) is 37.1 Å². The Balaban J connectivity index is 2.93. The fraction of sp³-hybridized carbons (Fsp3) is 0.571. The second-order valence-corrected chi connectivity index (χ2v) is 6.60. The lowest BCUT2D eigenvalue weighted by Gasteiger charge is -2.21. The molecule has 5 nitrogen and oxygen atoms in total. The van der Waals surface area contributed by atoms with Crippen LogP contribution >= 0.6 is 0 Å². The highest BCUT2D eigenvalue weighted by atomic mass is 32.2. The fourth-order valence-corrected chi connectivity index (χ4v) is 3.41. The summed E-state index contributed by atoms with van der Waals surface area (Å²) in [6, 6.07) is 6.79. The number of hydrogen-bond acceptors (Lipinski definition) is 4. The molecule has 0 aromatic heterocycles. The molecule has 0 fully saturated rings. The molecule has 0 bridgehead atoms. The van der Waals surface area contributed by atoms with Crippen LogP contribution in [-0.2, 0) is 16.4 Å². The number of nitrogens with zero attached hydrogens (tertiary/aromatic N) is 1. The second-order valence-electron chi connectivity index (χ2n) is 4.66. The summed E-state index contributed by atoms with van der Waals surface area (Å²) < 4.78 is 26.3. The number of rotatable bonds is 9. The van der Waals surface area contributed by atoms with Gasteiger partial charge in [0.25, 0.3) is 0 Å². The Bertz CT molecular complexity index is 486. The molecule has 0 amide bonds. The number of aliphatic hydroxyl groups excluding tert-OH is 1. The van der Waals surface area contributed by atoms with Gasteiger partial charge in [-0.15, -0.1) is 0 Å². The van der Waals surface area contributed by atoms with Crippen LogP contribution in [0.2, 0.25) is 0 Å². The van der Waals surface area contributed by atoms with E-state index in [4.69, 9.17) is 10.8 Å². The maximum atomic E-state index is 12.5. The van der Waals surface area contributed by atoms with Crippen LogP contribution in [0.15, 0.2) is 29.2 Å². The minimum Gasteiger partial charge on any atom is -0.395 e. The van der Waals surface area contributed by atoms with Gasteiger partial charge in [0.1, 0.15) is 0 Å². The highest BCUT2D eigenvalue weighted by Crippen LogP contribution is 2.17. The lowest BCUT2D eigenvalue weighted by atomic mass is 10.2. The number of aliphatic hydroxyl groups is 1. The van der Waals surface area contributed by atoms with Gasteiger partial charge in [0.2, 0.25) is 10.0 Å². The van der Waals surface area contributed by atoms with Crippen molar-refractivity contribution in [3.05, 3.63) is 29.8 Å². The van der Waals surface area contributed by atoms with Gasteiger partial charge in [-0.25, -0.2) is 8.42 Å². The normalized spacial score (nSPS) is 12.0. The maximum Gasteiger partial charge on any atom is 0.243 e. The van der Waals surface area contributed by atoms with Crippen molar-refractivity contribution < 1.29 is 13.5 Å². The molecular formula is C14H24N2O3S. The van der Waals surface area contributed by atoms with Crippen molar-refractivity contribution in [2.24, 2.45) is 5.73 Å². The Labute approximate surface area is 121 Å². The number of benzene rings is 1. The molecule has 0 unspecified atom stereocenters. The second kappa shape index (κ2) is 8.36. The molecule has 1 rings (SSSR count). The first kappa shape index (κ1) is 17.1. The third-order valence-corrected chi connectivity index (χ3v) is 5.02. The van der Waals surface area contributed by atoms with Gasteiger partial charge < -0.3 is 10.8 Å². The number of unbranched alkanes of at least 4 members (excludes halogenated alkanes) is 1. The summed E-state index contributed by atoms with van der Waals surface area (Å²) in [6.45, 7) is 2.94. The minimum absolute atomic E-state index is 0.132. The molecule has 0 aliphatic heterocycles. The topological polar surface area (TPSA) is 83.6 Å². The largest absolute Gasteiger partial charge is 0.395 e. The van der Waals surface area contributed by atoms with Crippen LogP contribution in [-0.4, -0.2) is 44.1 Å². The average Bonchev–Trinajstić information content (AvgIpc) is 2.44. The predicted octanol–water partition coefficient (Wildman–Crippen LogP) is 0.971. The van der Waals surface area contributed by atoms with Gasteiger partial charge in [-0.2, -0.15) is 4.31 Å². The molecule has 0 heterocycles. The number of nitrogens with two attached hydrogens (primary N) is 1. The summed E-state index contributed by atoms with van der Waals surface area (Å²) in [5.74, 6) is 0. The Morgan fingerprint density at radius 3 is 2.35 bits per heavy atom. The van der Waals surface area contributed by atoms with E-state index in [2.05, 4.69) is 0 Å². The molecule has 1 aromatic carbocycles. The van der Waals surface area contributed by atoms with Crippen LogP contribution < -0.4 is 5.73 Å². The van der Waals surface area contributed by atoms with Crippen LogP contribution in [0.4, 0.5) is 0 Å². The molecule has 0 aliphatic rings. The Morgan fingerprint density at radius 2 is 1.85 bits per heavy atom. The lowest BCUT2D eigenvalue weighted by Crippen LogP contribution is -2.34. The predicted molar refractivity (Wildman–Crippen MR) is 80.0 cm³/mol. The van der Waals surface area contributed by atoms with Crippen molar-refractivity contribution in [3.8, 4) is 0 Å². The SMILES string of the molecule is CCCCN(CCO)S(=O)(=O)c1ccc(CCN)cc1. The minimum atomic E-state index is -3.53. The third kappa shape index (κ3) is 4.56. The van der Waals surface area contributed by atoms with Gasteiger partial charge in [0.05, 0.1) is 11.5 Å². The van der Waals surface area contributed by atoms with Gasteiger partial charge in [0.15, 0.2) is 0 Å². The highest BCUT2D eigenvalue weighted by molar-refractivity contribution is 7.89. The van der Waals surface area contributed by atoms with E-state index in [0.29, 0.717) is 13.1 Å². The van der Waals surface area contributed by atoms with E-state index in [1.165, 1.54) is 4.31 Å². The molecule has 0 spiro atoms. The van der Waals surface area contributed by atoms with Crippen LogP contribution in [0.5, 0.6) is 0 Å². The van der Waals surface area contributed by atoms with Crippen molar-refractivity contribution in [2.45, 2.75) is 31.1 Å². The van der Waals surface area contributed by atoms with Crippen molar-refractivity contribution in [1.29, 1.82) is 0 Å². The molecule has 3 N–H and O–H groups in total. The molecule has 0 radical (unpaired) electrons. The first-order valence-electron chi connectivity index (χ1n) is 6.96. The smallest absolute Gasteiger partial charge is 0.243 e. The van der Waals surface area contributed by atoms with Gasteiger partial charge in [0, 0.05) is 13.1 Å². The first-order chi connectivity index (χ1) is 9.56. The Kier molecular flexibility index (Phi) is 7.15. The molecule has 6 heteroatoms. The van der Waals surface area contributed by atoms with Crippen LogP contribution in [0, 0.1) is 0 Å². The van der Waals surface area contributed by atoms with Gasteiger partial charge in [-0.3, -0.25) is 0 Å². The molecule has 114 valence electrons. The summed E-state index contributed by atoms with van der Waals surface area (Å²) in [6.07, 6.45) is 2.42. The molecule has 1 aromatic rings. The quantitative estimate of drug-likeness (QED) is 0.712.